The Hall–Kier alpha value is -2.34. The first-order valence-electron chi connectivity index (χ1n) is 5.95. The van der Waals surface area contributed by atoms with Gasteiger partial charge in [-0.2, -0.15) is 5.10 Å². The highest BCUT2D eigenvalue weighted by atomic mass is 32.2. The van der Waals surface area contributed by atoms with E-state index < -0.39 is 0 Å². The minimum Gasteiger partial charge on any atom is -0.507 e. The van der Waals surface area contributed by atoms with Gasteiger partial charge in [-0.15, -0.1) is 0 Å². The first-order chi connectivity index (χ1) is 9.75. The number of amides is 1. The lowest BCUT2D eigenvalue weighted by Crippen LogP contribution is -2.20. The number of hydrogen-bond acceptors (Lipinski definition) is 4. The van der Waals surface area contributed by atoms with E-state index >= 15 is 0 Å². The van der Waals surface area contributed by atoms with Crippen molar-refractivity contribution >= 4 is 23.9 Å². The van der Waals surface area contributed by atoms with Crippen molar-refractivity contribution in [1.29, 1.82) is 0 Å². The highest BCUT2D eigenvalue weighted by Crippen LogP contribution is 2.12. The molecular weight excluding hydrogens is 274 g/mol. The number of phenolic OH excluding ortho intramolecular Hbond substituents is 1. The van der Waals surface area contributed by atoms with E-state index in [9.17, 15) is 9.90 Å². The quantitative estimate of drug-likeness (QED) is 0.497. The lowest BCUT2D eigenvalue weighted by atomic mass is 10.2. The third kappa shape index (κ3) is 4.40. The van der Waals surface area contributed by atoms with Gasteiger partial charge in [0, 0.05) is 17.7 Å². The normalized spacial score (nSPS) is 10.6. The number of carbonyl (C=O) groups excluding carboxylic acids is 1. The molecular formula is C14H14N3O2S+. The van der Waals surface area contributed by atoms with Crippen molar-refractivity contribution < 1.29 is 14.9 Å². The standard InChI is InChI=1S/C14H13N3O2S/c18-12-6-2-1-5-11(12)9-16-17-13(19)10-20-14-7-3-4-8-15-14/h1-9,18H,10H2,(H,17,19)/p+1/b16-9+. The number of hydrogen-bond donors (Lipinski definition) is 2. The summed E-state index contributed by atoms with van der Waals surface area (Å²) in [4.78, 5) is 14.6. The molecule has 1 aromatic carbocycles. The van der Waals surface area contributed by atoms with Crippen molar-refractivity contribution in [3.8, 4) is 5.75 Å². The molecule has 0 spiro atoms. The molecule has 3 N–H and O–H groups in total. The molecule has 0 aliphatic heterocycles. The van der Waals surface area contributed by atoms with Crippen molar-refractivity contribution in [3.05, 3.63) is 54.2 Å². The number of aromatic amines is 1. The summed E-state index contributed by atoms with van der Waals surface area (Å²) in [5, 5.41) is 14.2. The molecule has 5 nitrogen and oxygen atoms in total. The first-order valence-corrected chi connectivity index (χ1v) is 6.93. The SMILES string of the molecule is O=C(CSc1cccc[nH+]1)N/N=C/c1ccccc1O. The van der Waals surface area contributed by atoms with Crippen molar-refractivity contribution in [2.24, 2.45) is 5.10 Å². The number of thioether (sulfide) groups is 1. The smallest absolute Gasteiger partial charge is 0.250 e. The Labute approximate surface area is 120 Å². The summed E-state index contributed by atoms with van der Waals surface area (Å²) in [5.41, 5.74) is 2.97. The first kappa shape index (κ1) is 14.1. The largest absolute Gasteiger partial charge is 0.507 e. The maximum Gasteiger partial charge on any atom is 0.250 e. The second-order valence-electron chi connectivity index (χ2n) is 3.87. The molecule has 0 radical (unpaired) electrons. The molecule has 2 rings (SSSR count). The van der Waals surface area contributed by atoms with Gasteiger partial charge in [-0.3, -0.25) is 4.79 Å². The third-order valence-corrected chi connectivity index (χ3v) is 3.34. The highest BCUT2D eigenvalue weighted by Gasteiger charge is 2.05. The molecule has 0 fully saturated rings. The molecule has 0 atom stereocenters. The number of para-hydroxylation sites is 1. The number of rotatable bonds is 5. The molecule has 0 unspecified atom stereocenters. The van der Waals surface area contributed by atoms with Crippen LogP contribution in [0.2, 0.25) is 0 Å². The predicted molar refractivity (Wildman–Crippen MR) is 77.6 cm³/mol. The second kappa shape index (κ2) is 7.30. The highest BCUT2D eigenvalue weighted by molar-refractivity contribution is 7.99. The zero-order valence-corrected chi connectivity index (χ0v) is 11.4. The molecule has 1 heterocycles. The molecule has 0 saturated heterocycles. The average molecular weight is 288 g/mol. The van der Waals surface area contributed by atoms with Gasteiger partial charge < -0.3 is 5.11 Å². The monoisotopic (exact) mass is 288 g/mol. The summed E-state index contributed by atoms with van der Waals surface area (Å²) in [7, 11) is 0. The van der Waals surface area contributed by atoms with Crippen LogP contribution >= 0.6 is 11.8 Å². The maximum atomic E-state index is 11.6. The van der Waals surface area contributed by atoms with Crippen LogP contribution in [0.5, 0.6) is 5.75 Å². The molecule has 0 bridgehead atoms. The average Bonchev–Trinajstić information content (AvgIpc) is 2.48. The van der Waals surface area contributed by atoms with E-state index in [0.717, 1.165) is 5.03 Å². The molecule has 1 amide bonds. The van der Waals surface area contributed by atoms with Crippen LogP contribution in [0.4, 0.5) is 0 Å². The fourth-order valence-electron chi connectivity index (χ4n) is 1.41. The predicted octanol–water partition coefficient (Wildman–Crippen LogP) is 1.45. The summed E-state index contributed by atoms with van der Waals surface area (Å²) in [6, 6.07) is 12.4. The number of phenols is 1. The number of benzene rings is 1. The van der Waals surface area contributed by atoms with Crippen LogP contribution in [-0.2, 0) is 4.79 Å². The summed E-state index contributed by atoms with van der Waals surface area (Å²) < 4.78 is 0. The topological polar surface area (TPSA) is 75.8 Å². The Morgan fingerprint density at radius 2 is 2.10 bits per heavy atom. The zero-order chi connectivity index (χ0) is 14.2. The van der Waals surface area contributed by atoms with Crippen molar-refractivity contribution in [1.82, 2.24) is 5.43 Å². The van der Waals surface area contributed by atoms with Crippen LogP contribution in [-0.4, -0.2) is 23.0 Å². The van der Waals surface area contributed by atoms with Crippen molar-refractivity contribution in [2.75, 3.05) is 5.75 Å². The number of pyridine rings is 1. The molecule has 0 saturated carbocycles. The van der Waals surface area contributed by atoms with Gasteiger partial charge in [0.15, 0.2) is 6.20 Å². The Morgan fingerprint density at radius 1 is 1.30 bits per heavy atom. The van der Waals surface area contributed by atoms with E-state index in [0.29, 0.717) is 5.56 Å². The van der Waals surface area contributed by atoms with Gasteiger partial charge in [-0.1, -0.05) is 12.1 Å². The Balaban J connectivity index is 1.79. The van der Waals surface area contributed by atoms with Gasteiger partial charge in [0.1, 0.15) is 5.75 Å². The van der Waals surface area contributed by atoms with E-state index in [1.165, 1.54) is 18.0 Å². The minimum atomic E-state index is -0.209. The van der Waals surface area contributed by atoms with E-state index in [-0.39, 0.29) is 17.4 Å². The number of carbonyl (C=O) groups is 1. The molecule has 2 aromatic rings. The van der Waals surface area contributed by atoms with E-state index in [1.807, 2.05) is 18.2 Å². The van der Waals surface area contributed by atoms with Crippen molar-refractivity contribution in [3.63, 3.8) is 0 Å². The molecule has 102 valence electrons. The zero-order valence-electron chi connectivity index (χ0n) is 10.6. The van der Waals surface area contributed by atoms with Gasteiger partial charge in [0.2, 0.25) is 5.03 Å². The Bertz CT molecular complexity index is 602. The number of aromatic hydroxyl groups is 1. The number of H-pyrrole nitrogens is 1. The lowest BCUT2D eigenvalue weighted by molar-refractivity contribution is -0.426. The minimum absolute atomic E-state index is 0.124. The van der Waals surface area contributed by atoms with Crippen LogP contribution < -0.4 is 10.4 Å². The number of aromatic nitrogens is 1. The van der Waals surface area contributed by atoms with Gasteiger partial charge >= 0.3 is 0 Å². The molecule has 0 aliphatic rings. The summed E-state index contributed by atoms with van der Waals surface area (Å²) in [6.07, 6.45) is 3.21. The summed E-state index contributed by atoms with van der Waals surface area (Å²) in [5.74, 6) is 0.177. The van der Waals surface area contributed by atoms with Crippen LogP contribution in [0.25, 0.3) is 0 Å². The number of nitrogens with one attached hydrogen (secondary N) is 2. The Morgan fingerprint density at radius 3 is 2.85 bits per heavy atom. The van der Waals surface area contributed by atoms with E-state index in [1.54, 1.807) is 30.5 Å². The van der Waals surface area contributed by atoms with Crippen LogP contribution in [0.3, 0.4) is 0 Å². The van der Waals surface area contributed by atoms with E-state index in [2.05, 4.69) is 15.5 Å². The van der Waals surface area contributed by atoms with Crippen LogP contribution in [0.15, 0.2) is 58.8 Å². The maximum absolute atomic E-state index is 11.6. The third-order valence-electron chi connectivity index (χ3n) is 2.37. The lowest BCUT2D eigenvalue weighted by Gasteiger charge is -1.98. The number of nitrogens with zero attached hydrogens (tertiary/aromatic N) is 1. The van der Waals surface area contributed by atoms with Crippen molar-refractivity contribution in [2.45, 2.75) is 5.03 Å². The molecule has 6 heteroatoms. The van der Waals surface area contributed by atoms with Gasteiger partial charge in [-0.05, 0) is 30.0 Å². The summed E-state index contributed by atoms with van der Waals surface area (Å²) >= 11 is 1.39. The van der Waals surface area contributed by atoms with Gasteiger partial charge in [0.05, 0.1) is 12.0 Å². The number of hydrazone groups is 1. The Kier molecular flexibility index (Phi) is 5.14. The van der Waals surface area contributed by atoms with Gasteiger partial charge in [0.25, 0.3) is 5.91 Å². The fourth-order valence-corrected chi connectivity index (χ4v) is 2.09. The van der Waals surface area contributed by atoms with Crippen LogP contribution in [0, 0.1) is 0 Å². The van der Waals surface area contributed by atoms with E-state index in [4.69, 9.17) is 0 Å². The molecule has 1 aromatic heterocycles. The molecule has 0 aliphatic carbocycles. The summed E-state index contributed by atoms with van der Waals surface area (Å²) in [6.45, 7) is 0. The van der Waals surface area contributed by atoms with Gasteiger partial charge in [-0.25, -0.2) is 10.4 Å². The molecule has 20 heavy (non-hydrogen) atoms. The van der Waals surface area contributed by atoms with Crippen LogP contribution in [0.1, 0.15) is 5.56 Å². The second-order valence-corrected chi connectivity index (χ2v) is 4.88. The fraction of sp³-hybridized carbons (Fsp3) is 0.0714.